The minimum absolute atomic E-state index is 0.189. The van der Waals surface area contributed by atoms with Crippen LogP contribution in [-0.4, -0.2) is 46.4 Å². The van der Waals surface area contributed by atoms with E-state index < -0.39 is 0 Å². The Labute approximate surface area is 206 Å². The highest BCUT2D eigenvalue weighted by molar-refractivity contribution is 6.31. The molecule has 1 aromatic carbocycles. The number of carbonyl (C=O) groups excluding carboxylic acids is 1. The highest BCUT2D eigenvalue weighted by Crippen LogP contribution is 2.28. The largest absolute Gasteiger partial charge is 0.369 e. The number of rotatable bonds is 5. The van der Waals surface area contributed by atoms with E-state index >= 15 is 0 Å². The lowest BCUT2D eigenvalue weighted by Gasteiger charge is -2.34. The fourth-order valence-electron chi connectivity index (χ4n) is 5.51. The van der Waals surface area contributed by atoms with Crippen LogP contribution in [0.15, 0.2) is 23.2 Å². The van der Waals surface area contributed by atoms with Gasteiger partial charge in [0.2, 0.25) is 5.82 Å². The summed E-state index contributed by atoms with van der Waals surface area (Å²) in [5, 5.41) is 12.0. The first kappa shape index (κ1) is 23.3. The maximum atomic E-state index is 13.2. The standard InChI is InChI=1S/C26H35ClN6O/c27-17-13-14-20-19(16-17)24(32-22-11-6-5-10-21(22)30-23-12-7-15-28-23)33-25(31-20)26(34)29-18-8-3-1-2-4-9-18/h13-14,16,18,21-22H,1-12,15H2,(H,28,30)(H,29,34)(H,31,32,33)/t21-,22+/m1/s1. The lowest BCUT2D eigenvalue weighted by Crippen LogP contribution is -2.48. The SMILES string of the molecule is O=C(NC1CCCCCC1)c1nc(N[C@H]2CCCC[C@H]2NC2=NCCC2)c2cc(Cl)ccc2n1. The summed E-state index contributed by atoms with van der Waals surface area (Å²) >= 11 is 6.33. The van der Waals surface area contributed by atoms with Crippen molar-refractivity contribution in [2.75, 3.05) is 11.9 Å². The molecule has 5 rings (SSSR count). The number of amidine groups is 1. The quantitative estimate of drug-likeness (QED) is 0.507. The topological polar surface area (TPSA) is 91.3 Å². The zero-order valence-electron chi connectivity index (χ0n) is 19.8. The van der Waals surface area contributed by atoms with Gasteiger partial charge in [0.25, 0.3) is 5.91 Å². The van der Waals surface area contributed by atoms with E-state index in [1.807, 2.05) is 18.2 Å². The number of nitrogens with one attached hydrogen (secondary N) is 3. The smallest absolute Gasteiger partial charge is 0.289 e. The summed E-state index contributed by atoms with van der Waals surface area (Å²) in [4.78, 5) is 27.1. The zero-order chi connectivity index (χ0) is 23.3. The molecule has 2 atom stereocenters. The summed E-state index contributed by atoms with van der Waals surface area (Å²) in [6, 6.07) is 6.27. The molecule has 0 bridgehead atoms. The molecule has 0 spiro atoms. The van der Waals surface area contributed by atoms with Crippen LogP contribution >= 0.6 is 11.6 Å². The Balaban J connectivity index is 1.40. The molecule has 2 aromatic rings. The first-order chi connectivity index (χ1) is 16.7. The van der Waals surface area contributed by atoms with E-state index in [0.717, 1.165) is 74.6 Å². The predicted molar refractivity (Wildman–Crippen MR) is 138 cm³/mol. The molecule has 3 aliphatic rings. The van der Waals surface area contributed by atoms with Crippen molar-refractivity contribution in [3.05, 3.63) is 29.0 Å². The number of nitrogens with zero attached hydrogens (tertiary/aromatic N) is 3. The molecule has 1 aliphatic heterocycles. The number of aromatic nitrogens is 2. The van der Waals surface area contributed by atoms with E-state index in [4.69, 9.17) is 16.6 Å². The lowest BCUT2D eigenvalue weighted by atomic mass is 9.90. The van der Waals surface area contributed by atoms with Crippen molar-refractivity contribution in [1.29, 1.82) is 0 Å². The Morgan fingerprint density at radius 3 is 2.35 bits per heavy atom. The molecule has 182 valence electrons. The third-order valence-corrected chi connectivity index (χ3v) is 7.60. The zero-order valence-corrected chi connectivity index (χ0v) is 20.5. The minimum atomic E-state index is -0.189. The van der Waals surface area contributed by atoms with Crippen LogP contribution in [0.25, 0.3) is 10.9 Å². The molecule has 2 heterocycles. The lowest BCUT2D eigenvalue weighted by molar-refractivity contribution is 0.0923. The van der Waals surface area contributed by atoms with Gasteiger partial charge in [-0.25, -0.2) is 9.97 Å². The summed E-state index contributed by atoms with van der Waals surface area (Å²) in [6.07, 6.45) is 13.5. The fraction of sp³-hybridized carbons (Fsp3) is 0.615. The summed E-state index contributed by atoms with van der Waals surface area (Å²) in [5.74, 6) is 1.84. The molecule has 1 aromatic heterocycles. The molecule has 3 N–H and O–H groups in total. The van der Waals surface area contributed by atoms with Gasteiger partial charge in [-0.1, -0.05) is 50.1 Å². The fourth-order valence-corrected chi connectivity index (χ4v) is 5.68. The van der Waals surface area contributed by atoms with Crippen LogP contribution < -0.4 is 16.0 Å². The molecular formula is C26H35ClN6O. The van der Waals surface area contributed by atoms with Gasteiger partial charge < -0.3 is 16.0 Å². The van der Waals surface area contributed by atoms with Crippen molar-refractivity contribution < 1.29 is 4.79 Å². The van der Waals surface area contributed by atoms with Gasteiger partial charge in [-0.15, -0.1) is 0 Å². The van der Waals surface area contributed by atoms with Crippen LogP contribution in [0.1, 0.15) is 87.7 Å². The maximum absolute atomic E-state index is 13.2. The Morgan fingerprint density at radius 2 is 1.62 bits per heavy atom. The van der Waals surface area contributed by atoms with Gasteiger partial charge in [0.15, 0.2) is 0 Å². The van der Waals surface area contributed by atoms with Gasteiger partial charge in [-0.2, -0.15) is 0 Å². The van der Waals surface area contributed by atoms with Crippen molar-refractivity contribution in [1.82, 2.24) is 20.6 Å². The first-order valence-corrected chi connectivity index (χ1v) is 13.4. The van der Waals surface area contributed by atoms with Crippen molar-refractivity contribution >= 4 is 40.1 Å². The van der Waals surface area contributed by atoms with Crippen molar-refractivity contribution in [3.8, 4) is 0 Å². The first-order valence-electron chi connectivity index (χ1n) is 13.0. The van der Waals surface area contributed by atoms with Crippen LogP contribution in [0.3, 0.4) is 0 Å². The number of halogens is 1. The maximum Gasteiger partial charge on any atom is 0.289 e. The average molecular weight is 483 g/mol. The molecule has 2 fully saturated rings. The third kappa shape index (κ3) is 5.62. The summed E-state index contributed by atoms with van der Waals surface area (Å²) in [5.41, 5.74) is 0.730. The second kappa shape index (κ2) is 10.9. The van der Waals surface area contributed by atoms with Crippen LogP contribution in [0.2, 0.25) is 5.02 Å². The Kier molecular flexibility index (Phi) is 7.48. The second-order valence-electron chi connectivity index (χ2n) is 9.94. The van der Waals surface area contributed by atoms with Crippen LogP contribution in [0, 0.1) is 0 Å². The normalized spacial score (nSPS) is 23.9. The second-order valence-corrected chi connectivity index (χ2v) is 10.4. The van der Waals surface area contributed by atoms with Crippen LogP contribution in [0.4, 0.5) is 5.82 Å². The predicted octanol–water partition coefficient (Wildman–Crippen LogP) is 5.24. The number of aliphatic imine (C=N–C) groups is 1. The van der Waals surface area contributed by atoms with Gasteiger partial charge in [-0.3, -0.25) is 9.79 Å². The van der Waals surface area contributed by atoms with E-state index in [0.29, 0.717) is 10.8 Å². The molecule has 34 heavy (non-hydrogen) atoms. The molecule has 8 heteroatoms. The summed E-state index contributed by atoms with van der Waals surface area (Å²) in [7, 11) is 0. The molecule has 7 nitrogen and oxygen atoms in total. The Morgan fingerprint density at radius 1 is 0.882 bits per heavy atom. The Bertz CT molecular complexity index is 1050. The molecule has 2 saturated carbocycles. The molecular weight excluding hydrogens is 448 g/mol. The molecule has 0 saturated heterocycles. The molecule has 2 aliphatic carbocycles. The number of hydrogen-bond donors (Lipinski definition) is 3. The molecule has 0 radical (unpaired) electrons. The van der Waals surface area contributed by atoms with Crippen molar-refractivity contribution in [2.45, 2.75) is 95.2 Å². The number of amides is 1. The molecule has 0 unspecified atom stereocenters. The molecule has 1 amide bonds. The number of anilines is 1. The van der Waals surface area contributed by atoms with E-state index in [1.165, 1.54) is 25.7 Å². The van der Waals surface area contributed by atoms with Crippen molar-refractivity contribution in [3.63, 3.8) is 0 Å². The summed E-state index contributed by atoms with van der Waals surface area (Å²) in [6.45, 7) is 0.918. The van der Waals surface area contributed by atoms with Crippen LogP contribution in [-0.2, 0) is 0 Å². The monoisotopic (exact) mass is 482 g/mol. The number of hydrogen-bond acceptors (Lipinski definition) is 6. The van der Waals surface area contributed by atoms with E-state index in [-0.39, 0.29) is 29.9 Å². The summed E-state index contributed by atoms with van der Waals surface area (Å²) < 4.78 is 0. The highest BCUT2D eigenvalue weighted by Gasteiger charge is 2.28. The van der Waals surface area contributed by atoms with E-state index in [9.17, 15) is 4.79 Å². The Hall–Kier alpha value is -2.41. The van der Waals surface area contributed by atoms with Gasteiger partial charge in [0.05, 0.1) is 11.4 Å². The van der Waals surface area contributed by atoms with E-state index in [2.05, 4.69) is 25.9 Å². The third-order valence-electron chi connectivity index (χ3n) is 7.37. The number of fused-ring (bicyclic) bond motifs is 1. The minimum Gasteiger partial charge on any atom is -0.369 e. The number of benzene rings is 1. The van der Waals surface area contributed by atoms with Crippen molar-refractivity contribution in [2.24, 2.45) is 4.99 Å². The highest BCUT2D eigenvalue weighted by atomic mass is 35.5. The average Bonchev–Trinajstić information content (AvgIpc) is 3.22. The van der Waals surface area contributed by atoms with Gasteiger partial charge in [0, 0.05) is 41.5 Å². The number of carbonyl (C=O) groups is 1. The van der Waals surface area contributed by atoms with E-state index in [1.54, 1.807) is 0 Å². The van der Waals surface area contributed by atoms with Gasteiger partial charge in [0.1, 0.15) is 5.82 Å². The van der Waals surface area contributed by atoms with Gasteiger partial charge >= 0.3 is 0 Å². The van der Waals surface area contributed by atoms with Crippen LogP contribution in [0.5, 0.6) is 0 Å². The van der Waals surface area contributed by atoms with Gasteiger partial charge in [-0.05, 0) is 50.3 Å².